The Labute approximate surface area is 196 Å². The molecular weight excluding hydrogens is 466 g/mol. The van der Waals surface area contributed by atoms with Crippen LogP contribution in [0.15, 0.2) is 47.4 Å². The Bertz CT molecular complexity index is 1190. The van der Waals surface area contributed by atoms with Crippen LogP contribution in [-0.4, -0.2) is 51.7 Å². The topological polar surface area (TPSA) is 149 Å². The predicted octanol–water partition coefficient (Wildman–Crippen LogP) is 2.04. The van der Waals surface area contributed by atoms with E-state index in [4.69, 9.17) is 14.2 Å². The van der Waals surface area contributed by atoms with Crippen LogP contribution in [0, 0.1) is 0 Å². The van der Waals surface area contributed by atoms with E-state index in [1.54, 1.807) is 20.8 Å². The van der Waals surface area contributed by atoms with Crippen molar-refractivity contribution < 1.29 is 37.0 Å². The van der Waals surface area contributed by atoms with Crippen molar-refractivity contribution in [3.63, 3.8) is 0 Å². The number of benzene rings is 2. The average molecular weight is 492 g/mol. The molecule has 0 radical (unpaired) electrons. The highest BCUT2D eigenvalue weighted by Crippen LogP contribution is 2.32. The van der Waals surface area contributed by atoms with E-state index < -0.39 is 40.1 Å². The second-order valence-electron chi connectivity index (χ2n) is 8.32. The fourth-order valence-electron chi connectivity index (χ4n) is 2.83. The van der Waals surface area contributed by atoms with E-state index in [9.17, 15) is 22.8 Å². The lowest BCUT2D eigenvalue weighted by atomic mass is 10.1. The highest BCUT2D eigenvalue weighted by Gasteiger charge is 2.20. The van der Waals surface area contributed by atoms with Gasteiger partial charge in [0.05, 0.1) is 10.5 Å². The number of urea groups is 1. The van der Waals surface area contributed by atoms with Crippen molar-refractivity contribution in [1.82, 2.24) is 10.6 Å². The zero-order valence-corrected chi connectivity index (χ0v) is 19.7. The monoisotopic (exact) mass is 491 g/mol. The lowest BCUT2D eigenvalue weighted by molar-refractivity contribution is -0.123. The van der Waals surface area contributed by atoms with E-state index in [1.807, 2.05) is 0 Å². The molecule has 0 unspecified atom stereocenters. The second kappa shape index (κ2) is 10.00. The van der Waals surface area contributed by atoms with Crippen molar-refractivity contribution in [1.29, 1.82) is 0 Å². The maximum Gasteiger partial charge on any atom is 0.338 e. The Balaban J connectivity index is 1.55. The van der Waals surface area contributed by atoms with Crippen molar-refractivity contribution in [2.24, 2.45) is 0 Å². The number of esters is 1. The average Bonchev–Trinajstić information content (AvgIpc) is 2.76. The Kier molecular flexibility index (Phi) is 7.30. The predicted molar refractivity (Wildman–Crippen MR) is 121 cm³/mol. The summed E-state index contributed by atoms with van der Waals surface area (Å²) in [6, 6.07) is 9.02. The second-order valence-corrected chi connectivity index (χ2v) is 10.00. The maximum absolute atomic E-state index is 12.7. The van der Waals surface area contributed by atoms with Gasteiger partial charge in [-0.3, -0.25) is 14.8 Å². The van der Waals surface area contributed by atoms with Crippen molar-refractivity contribution in [3.05, 3.63) is 48.0 Å². The van der Waals surface area contributed by atoms with Crippen molar-refractivity contribution >= 4 is 33.6 Å². The molecule has 2 aromatic carbocycles. The molecule has 0 aromatic heterocycles. The third-order valence-corrected chi connectivity index (χ3v) is 5.65. The molecule has 0 saturated carbocycles. The first kappa shape index (κ1) is 24.8. The lowest BCUT2D eigenvalue weighted by Crippen LogP contribution is -2.49. The molecule has 1 aliphatic rings. The number of hydrogen-bond acceptors (Lipinski definition) is 8. The number of amides is 3. The number of fused-ring (bicyclic) bond motifs is 1. The van der Waals surface area contributed by atoms with E-state index in [-0.39, 0.29) is 16.1 Å². The van der Waals surface area contributed by atoms with E-state index in [0.29, 0.717) is 24.7 Å². The third kappa shape index (κ3) is 6.85. The van der Waals surface area contributed by atoms with Crippen LogP contribution in [0.4, 0.5) is 10.5 Å². The molecule has 1 aliphatic heterocycles. The van der Waals surface area contributed by atoms with Crippen LogP contribution in [0.2, 0.25) is 0 Å². The Morgan fingerprint density at radius 1 is 0.971 bits per heavy atom. The third-order valence-electron chi connectivity index (χ3n) is 4.27. The standard InChI is InChI=1S/C22H25N3O8S/c1-22(2,3)24-21(28)23-19(26)13-33-20(27)14-4-6-15(7-5-14)25-34(29,30)16-8-9-17-18(12-16)32-11-10-31-17/h4-9,12,25H,10-11,13H2,1-3H3,(H2,23,24,26,28). The number of ether oxygens (including phenoxy) is 3. The molecule has 3 rings (SSSR count). The number of nitrogens with one attached hydrogen (secondary N) is 3. The van der Waals surface area contributed by atoms with Gasteiger partial charge in [0.15, 0.2) is 18.1 Å². The summed E-state index contributed by atoms with van der Waals surface area (Å²) in [5.74, 6) is -0.796. The summed E-state index contributed by atoms with van der Waals surface area (Å²) < 4.78 is 43.5. The number of anilines is 1. The van der Waals surface area contributed by atoms with E-state index >= 15 is 0 Å². The number of hydrogen-bond donors (Lipinski definition) is 3. The fourth-order valence-corrected chi connectivity index (χ4v) is 3.90. The van der Waals surface area contributed by atoms with Gasteiger partial charge in [-0.15, -0.1) is 0 Å². The minimum absolute atomic E-state index is 0.0123. The van der Waals surface area contributed by atoms with Gasteiger partial charge in [-0.25, -0.2) is 18.0 Å². The van der Waals surface area contributed by atoms with Crippen LogP contribution in [0.3, 0.4) is 0 Å². The number of sulfonamides is 1. The highest BCUT2D eigenvalue weighted by molar-refractivity contribution is 7.92. The first-order valence-corrected chi connectivity index (χ1v) is 11.7. The molecule has 1 heterocycles. The molecule has 3 amide bonds. The number of carbonyl (C=O) groups is 3. The van der Waals surface area contributed by atoms with Crippen LogP contribution in [0.5, 0.6) is 11.5 Å². The van der Waals surface area contributed by atoms with Gasteiger partial charge in [0.1, 0.15) is 13.2 Å². The molecule has 0 saturated heterocycles. The summed E-state index contributed by atoms with van der Waals surface area (Å²) in [7, 11) is -3.92. The minimum Gasteiger partial charge on any atom is -0.486 e. The summed E-state index contributed by atoms with van der Waals surface area (Å²) >= 11 is 0. The van der Waals surface area contributed by atoms with Crippen molar-refractivity contribution in [2.75, 3.05) is 24.5 Å². The van der Waals surface area contributed by atoms with E-state index in [2.05, 4.69) is 15.4 Å². The first-order chi connectivity index (χ1) is 15.9. The summed E-state index contributed by atoms with van der Waals surface area (Å²) in [6.45, 7) is 5.30. The van der Waals surface area contributed by atoms with Crippen molar-refractivity contribution in [3.8, 4) is 11.5 Å². The summed E-state index contributed by atoms with van der Waals surface area (Å²) in [5, 5.41) is 4.59. The molecule has 0 bridgehead atoms. The molecule has 11 nitrogen and oxygen atoms in total. The first-order valence-electron chi connectivity index (χ1n) is 10.2. The van der Waals surface area contributed by atoms with E-state index in [1.165, 1.54) is 42.5 Å². The fraction of sp³-hybridized carbons (Fsp3) is 0.318. The van der Waals surface area contributed by atoms with E-state index in [0.717, 1.165) is 0 Å². The van der Waals surface area contributed by atoms with Gasteiger partial charge in [0.25, 0.3) is 15.9 Å². The Hall–Kier alpha value is -3.80. The SMILES string of the molecule is CC(C)(C)NC(=O)NC(=O)COC(=O)c1ccc(NS(=O)(=O)c2ccc3c(c2)OCCO3)cc1. The molecule has 0 spiro atoms. The molecule has 12 heteroatoms. The summed E-state index contributed by atoms with van der Waals surface area (Å²) in [4.78, 5) is 35.6. The molecule has 0 fully saturated rings. The lowest BCUT2D eigenvalue weighted by Gasteiger charge is -2.20. The normalized spacial score (nSPS) is 12.9. The number of rotatable bonds is 6. The molecule has 0 atom stereocenters. The Morgan fingerprint density at radius 2 is 1.62 bits per heavy atom. The molecule has 182 valence electrons. The van der Waals surface area contributed by atoms with Gasteiger partial charge in [-0.2, -0.15) is 0 Å². The van der Waals surface area contributed by atoms with Crippen LogP contribution in [-0.2, 0) is 19.6 Å². The van der Waals surface area contributed by atoms with Gasteiger partial charge < -0.3 is 19.5 Å². The van der Waals surface area contributed by atoms with Crippen molar-refractivity contribution in [2.45, 2.75) is 31.2 Å². The number of carbonyl (C=O) groups excluding carboxylic acids is 3. The largest absolute Gasteiger partial charge is 0.486 e. The quantitative estimate of drug-likeness (QED) is 0.520. The summed E-state index contributed by atoms with van der Waals surface area (Å²) in [5.41, 5.74) is -0.232. The van der Waals surface area contributed by atoms with Gasteiger partial charge in [0, 0.05) is 17.3 Å². The van der Waals surface area contributed by atoms with Gasteiger partial charge in [-0.1, -0.05) is 0 Å². The van der Waals surface area contributed by atoms with Crippen LogP contribution in [0.25, 0.3) is 0 Å². The molecule has 2 aromatic rings. The minimum atomic E-state index is -3.92. The molecule has 0 aliphatic carbocycles. The smallest absolute Gasteiger partial charge is 0.338 e. The zero-order chi connectivity index (χ0) is 24.9. The highest BCUT2D eigenvalue weighted by atomic mass is 32.2. The number of imide groups is 1. The molecular formula is C22H25N3O8S. The van der Waals surface area contributed by atoms with Gasteiger partial charge in [-0.05, 0) is 57.2 Å². The molecule has 3 N–H and O–H groups in total. The maximum atomic E-state index is 12.7. The van der Waals surface area contributed by atoms with Crippen LogP contribution >= 0.6 is 0 Å². The Morgan fingerprint density at radius 3 is 2.26 bits per heavy atom. The van der Waals surface area contributed by atoms with Gasteiger partial charge >= 0.3 is 12.0 Å². The summed E-state index contributed by atoms with van der Waals surface area (Å²) in [6.07, 6.45) is 0. The van der Waals surface area contributed by atoms with Gasteiger partial charge in [0.2, 0.25) is 0 Å². The zero-order valence-electron chi connectivity index (χ0n) is 18.8. The molecule has 34 heavy (non-hydrogen) atoms. The van der Waals surface area contributed by atoms with Crippen LogP contribution in [0.1, 0.15) is 31.1 Å². The van der Waals surface area contributed by atoms with Crippen LogP contribution < -0.4 is 24.8 Å².